The molecule has 1 rings (SSSR count). The quantitative estimate of drug-likeness (QED) is 0.653. The molecule has 1 atom stereocenters. The number of carbonyl (C=O) groups is 1. The Morgan fingerprint density at radius 2 is 2.00 bits per heavy atom. The number of hydrogen-bond acceptors (Lipinski definition) is 2. The highest BCUT2D eigenvalue weighted by molar-refractivity contribution is 5.89. The van der Waals surface area contributed by atoms with E-state index < -0.39 is 0 Å². The topological polar surface area (TPSA) is 20.3 Å². The van der Waals surface area contributed by atoms with E-state index in [1.54, 1.807) is 0 Å². The zero-order valence-electron chi connectivity index (χ0n) is 9.26. The summed E-state index contributed by atoms with van der Waals surface area (Å²) in [4.78, 5) is 14.2. The molecule has 0 radical (unpaired) electrons. The van der Waals surface area contributed by atoms with Crippen LogP contribution in [0.4, 0.5) is 0 Å². The standard InChI is InChI=1S/C11H21NO/c1-9(2)10(13)11(3)7-5-6-8-12(11)4/h9H,5-8H2,1-4H3. The lowest BCUT2D eigenvalue weighted by Gasteiger charge is -2.42. The Morgan fingerprint density at radius 1 is 1.38 bits per heavy atom. The minimum Gasteiger partial charge on any atom is -0.297 e. The molecule has 76 valence electrons. The predicted octanol–water partition coefficient (Wildman–Crippen LogP) is 2.09. The van der Waals surface area contributed by atoms with Gasteiger partial charge in [0.2, 0.25) is 0 Å². The molecule has 13 heavy (non-hydrogen) atoms. The second-order valence-corrected chi connectivity index (χ2v) is 4.67. The first-order valence-electron chi connectivity index (χ1n) is 5.24. The number of nitrogens with zero attached hydrogens (tertiary/aromatic N) is 1. The van der Waals surface area contributed by atoms with E-state index in [0.29, 0.717) is 5.78 Å². The minimum atomic E-state index is -0.188. The van der Waals surface area contributed by atoms with Gasteiger partial charge in [-0.25, -0.2) is 0 Å². The SMILES string of the molecule is CC(C)C(=O)C1(C)CCCCN1C. The number of ketones is 1. The Hall–Kier alpha value is -0.370. The van der Waals surface area contributed by atoms with Crippen LogP contribution in [-0.2, 0) is 4.79 Å². The molecule has 2 nitrogen and oxygen atoms in total. The van der Waals surface area contributed by atoms with E-state index >= 15 is 0 Å². The van der Waals surface area contributed by atoms with Crippen LogP contribution in [-0.4, -0.2) is 29.8 Å². The molecule has 0 saturated carbocycles. The van der Waals surface area contributed by atoms with E-state index in [9.17, 15) is 4.79 Å². The predicted molar refractivity (Wildman–Crippen MR) is 54.7 cm³/mol. The highest BCUT2D eigenvalue weighted by Gasteiger charge is 2.39. The van der Waals surface area contributed by atoms with Gasteiger partial charge in [0.05, 0.1) is 5.54 Å². The van der Waals surface area contributed by atoms with E-state index in [4.69, 9.17) is 0 Å². The first-order valence-corrected chi connectivity index (χ1v) is 5.24. The summed E-state index contributed by atoms with van der Waals surface area (Å²) < 4.78 is 0. The summed E-state index contributed by atoms with van der Waals surface area (Å²) in [6.07, 6.45) is 3.46. The molecule has 1 unspecified atom stereocenters. The van der Waals surface area contributed by atoms with Crippen LogP contribution in [0, 0.1) is 5.92 Å². The van der Waals surface area contributed by atoms with Gasteiger partial charge in [-0.15, -0.1) is 0 Å². The number of rotatable bonds is 2. The van der Waals surface area contributed by atoms with Crippen molar-refractivity contribution >= 4 is 5.78 Å². The normalized spacial score (nSPS) is 30.8. The molecule has 1 fully saturated rings. The van der Waals surface area contributed by atoms with Gasteiger partial charge in [-0.3, -0.25) is 9.69 Å². The van der Waals surface area contributed by atoms with Gasteiger partial charge >= 0.3 is 0 Å². The maximum atomic E-state index is 12.0. The van der Waals surface area contributed by atoms with Crippen molar-refractivity contribution in [3.63, 3.8) is 0 Å². The van der Waals surface area contributed by atoms with Crippen LogP contribution in [0.3, 0.4) is 0 Å². The molecule has 0 amide bonds. The monoisotopic (exact) mass is 183 g/mol. The van der Waals surface area contributed by atoms with Crippen molar-refractivity contribution in [3.8, 4) is 0 Å². The summed E-state index contributed by atoms with van der Waals surface area (Å²) in [7, 11) is 2.07. The Kier molecular flexibility index (Phi) is 3.12. The molecule has 0 bridgehead atoms. The Labute approximate surface area is 81.3 Å². The van der Waals surface area contributed by atoms with Crippen molar-refractivity contribution in [2.24, 2.45) is 5.92 Å². The fourth-order valence-corrected chi connectivity index (χ4v) is 2.19. The van der Waals surface area contributed by atoms with Crippen LogP contribution < -0.4 is 0 Å². The highest BCUT2D eigenvalue weighted by atomic mass is 16.1. The van der Waals surface area contributed by atoms with Crippen molar-refractivity contribution in [2.75, 3.05) is 13.6 Å². The molecular weight excluding hydrogens is 162 g/mol. The molecule has 1 saturated heterocycles. The molecule has 1 heterocycles. The second kappa shape index (κ2) is 3.79. The average Bonchev–Trinajstić information content (AvgIpc) is 2.09. The third-order valence-electron chi connectivity index (χ3n) is 3.30. The van der Waals surface area contributed by atoms with E-state index in [1.165, 1.54) is 12.8 Å². The summed E-state index contributed by atoms with van der Waals surface area (Å²) in [6, 6.07) is 0. The molecule has 0 aromatic heterocycles. The zero-order valence-corrected chi connectivity index (χ0v) is 9.26. The Bertz CT molecular complexity index is 200. The molecule has 0 spiro atoms. The fourth-order valence-electron chi connectivity index (χ4n) is 2.19. The van der Waals surface area contributed by atoms with E-state index in [1.807, 2.05) is 13.8 Å². The lowest BCUT2D eigenvalue weighted by atomic mass is 9.81. The van der Waals surface area contributed by atoms with Gasteiger partial charge in [0.25, 0.3) is 0 Å². The van der Waals surface area contributed by atoms with Crippen LogP contribution in [0.2, 0.25) is 0 Å². The van der Waals surface area contributed by atoms with E-state index in [-0.39, 0.29) is 11.5 Å². The number of carbonyl (C=O) groups excluding carboxylic acids is 1. The lowest BCUT2D eigenvalue weighted by molar-refractivity contribution is -0.134. The smallest absolute Gasteiger partial charge is 0.155 e. The first kappa shape index (κ1) is 10.7. The average molecular weight is 183 g/mol. The highest BCUT2D eigenvalue weighted by Crippen LogP contribution is 2.29. The molecule has 1 aliphatic heterocycles. The van der Waals surface area contributed by atoms with Crippen LogP contribution >= 0.6 is 0 Å². The maximum absolute atomic E-state index is 12.0. The van der Waals surface area contributed by atoms with Gasteiger partial charge in [0.1, 0.15) is 0 Å². The molecule has 2 heteroatoms. The molecule has 0 aromatic carbocycles. The Morgan fingerprint density at radius 3 is 2.46 bits per heavy atom. The molecule has 0 aromatic rings. The third-order valence-corrected chi connectivity index (χ3v) is 3.30. The van der Waals surface area contributed by atoms with Crippen molar-refractivity contribution in [1.29, 1.82) is 0 Å². The second-order valence-electron chi connectivity index (χ2n) is 4.67. The molecule has 1 aliphatic rings. The largest absolute Gasteiger partial charge is 0.297 e. The number of piperidine rings is 1. The molecule has 0 N–H and O–H groups in total. The summed E-state index contributed by atoms with van der Waals surface area (Å²) in [5.74, 6) is 0.556. The summed E-state index contributed by atoms with van der Waals surface area (Å²) >= 11 is 0. The van der Waals surface area contributed by atoms with Gasteiger partial charge in [-0.1, -0.05) is 13.8 Å². The van der Waals surface area contributed by atoms with Gasteiger partial charge in [0, 0.05) is 5.92 Å². The Balaban J connectivity index is 2.77. The number of Topliss-reactive ketones (excluding diaryl/α,β-unsaturated/α-hetero) is 1. The number of hydrogen-bond donors (Lipinski definition) is 0. The van der Waals surface area contributed by atoms with Crippen molar-refractivity contribution in [1.82, 2.24) is 4.90 Å². The van der Waals surface area contributed by atoms with Crippen molar-refractivity contribution in [3.05, 3.63) is 0 Å². The van der Waals surface area contributed by atoms with E-state index in [0.717, 1.165) is 13.0 Å². The molecule has 0 aliphatic carbocycles. The van der Waals surface area contributed by atoms with Gasteiger partial charge in [0.15, 0.2) is 5.78 Å². The summed E-state index contributed by atoms with van der Waals surface area (Å²) in [6.45, 7) is 7.15. The zero-order chi connectivity index (χ0) is 10.1. The van der Waals surface area contributed by atoms with E-state index in [2.05, 4.69) is 18.9 Å². The van der Waals surface area contributed by atoms with Gasteiger partial charge < -0.3 is 0 Å². The summed E-state index contributed by atoms with van der Waals surface area (Å²) in [5.41, 5.74) is -0.188. The van der Waals surface area contributed by atoms with Gasteiger partial charge in [-0.05, 0) is 39.8 Å². The molecular formula is C11H21NO. The maximum Gasteiger partial charge on any atom is 0.155 e. The fraction of sp³-hybridized carbons (Fsp3) is 0.909. The van der Waals surface area contributed by atoms with Crippen molar-refractivity contribution < 1.29 is 4.79 Å². The van der Waals surface area contributed by atoms with Crippen LogP contribution in [0.1, 0.15) is 40.0 Å². The van der Waals surface area contributed by atoms with Crippen LogP contribution in [0.25, 0.3) is 0 Å². The number of likely N-dealkylation sites (N-methyl/N-ethyl adjacent to an activating group) is 1. The lowest BCUT2D eigenvalue weighted by Crippen LogP contribution is -2.54. The van der Waals surface area contributed by atoms with Crippen molar-refractivity contribution in [2.45, 2.75) is 45.6 Å². The van der Waals surface area contributed by atoms with Gasteiger partial charge in [-0.2, -0.15) is 0 Å². The van der Waals surface area contributed by atoms with Crippen LogP contribution in [0.5, 0.6) is 0 Å². The third kappa shape index (κ3) is 1.93. The first-order chi connectivity index (χ1) is 5.98. The summed E-state index contributed by atoms with van der Waals surface area (Å²) in [5, 5.41) is 0. The minimum absolute atomic E-state index is 0.158. The van der Waals surface area contributed by atoms with Crippen LogP contribution in [0.15, 0.2) is 0 Å². The number of likely N-dealkylation sites (tertiary alicyclic amines) is 1.